The Bertz CT molecular complexity index is 1000. The molecule has 0 radical (unpaired) electrons. The van der Waals surface area contributed by atoms with Gasteiger partial charge in [-0.3, -0.25) is 9.59 Å². The molecule has 7 nitrogen and oxygen atoms in total. The second-order valence-corrected chi connectivity index (χ2v) is 9.93. The predicted octanol–water partition coefficient (Wildman–Crippen LogP) is 4.80. The van der Waals surface area contributed by atoms with Crippen LogP contribution in [0.5, 0.6) is 0 Å². The van der Waals surface area contributed by atoms with Gasteiger partial charge in [0.2, 0.25) is 5.91 Å². The molecule has 0 spiro atoms. The van der Waals surface area contributed by atoms with Crippen LogP contribution in [0.4, 0.5) is 4.79 Å². The first kappa shape index (κ1) is 26.3. The topological polar surface area (TPSA) is 105 Å². The van der Waals surface area contributed by atoms with Crippen LogP contribution < -0.4 is 10.6 Å². The van der Waals surface area contributed by atoms with Crippen molar-refractivity contribution in [1.82, 2.24) is 10.6 Å². The smallest absolute Gasteiger partial charge is 0.407 e. The van der Waals surface area contributed by atoms with Gasteiger partial charge in [0.05, 0.1) is 6.42 Å². The number of ether oxygens (including phenoxy) is 1. The van der Waals surface area contributed by atoms with Crippen molar-refractivity contribution in [1.29, 1.82) is 0 Å². The number of carboxylic acids is 1. The number of carbonyl (C=O) groups excluding carboxylic acids is 2. The lowest BCUT2D eigenvalue weighted by atomic mass is 9.92. The van der Waals surface area contributed by atoms with Crippen LogP contribution in [-0.4, -0.2) is 42.3 Å². The minimum absolute atomic E-state index is 0.00353. The average molecular weight is 481 g/mol. The summed E-state index contributed by atoms with van der Waals surface area (Å²) in [5.74, 6) is -1.14. The molecule has 2 aromatic rings. The third-order valence-electron chi connectivity index (χ3n) is 6.80. The molecule has 0 saturated heterocycles. The molecular weight excluding hydrogens is 444 g/mol. The van der Waals surface area contributed by atoms with Crippen LogP contribution in [0.3, 0.4) is 0 Å². The number of carboxylic acid groups (broad SMARTS) is 1. The summed E-state index contributed by atoms with van der Waals surface area (Å²) in [6.45, 7) is 8.25. The molecule has 0 saturated carbocycles. The number of hydrogen-bond acceptors (Lipinski definition) is 4. The fourth-order valence-electron chi connectivity index (χ4n) is 4.53. The Kier molecular flexibility index (Phi) is 8.90. The van der Waals surface area contributed by atoms with Crippen LogP contribution in [0.1, 0.15) is 57.6 Å². The molecule has 188 valence electrons. The third kappa shape index (κ3) is 6.84. The van der Waals surface area contributed by atoms with E-state index < -0.39 is 18.1 Å². The van der Waals surface area contributed by atoms with Gasteiger partial charge in [-0.1, -0.05) is 76.2 Å². The van der Waals surface area contributed by atoms with Crippen molar-refractivity contribution in [2.24, 2.45) is 17.8 Å². The minimum atomic E-state index is -0.880. The Balaban J connectivity index is 1.55. The van der Waals surface area contributed by atoms with E-state index in [4.69, 9.17) is 9.84 Å². The average Bonchev–Trinajstić information content (AvgIpc) is 3.13. The Hall–Kier alpha value is -3.35. The molecule has 35 heavy (non-hydrogen) atoms. The molecule has 3 rings (SSSR count). The molecule has 1 aliphatic carbocycles. The summed E-state index contributed by atoms with van der Waals surface area (Å²) in [4.78, 5) is 36.3. The number of nitrogens with one attached hydrogen (secondary N) is 2. The molecule has 3 N–H and O–H groups in total. The van der Waals surface area contributed by atoms with Gasteiger partial charge in [-0.2, -0.15) is 0 Å². The summed E-state index contributed by atoms with van der Waals surface area (Å²) in [7, 11) is 0. The molecule has 2 atom stereocenters. The third-order valence-corrected chi connectivity index (χ3v) is 6.80. The van der Waals surface area contributed by atoms with Gasteiger partial charge in [0.1, 0.15) is 6.61 Å². The van der Waals surface area contributed by atoms with Gasteiger partial charge < -0.3 is 20.5 Å². The van der Waals surface area contributed by atoms with Gasteiger partial charge in [-0.25, -0.2) is 4.79 Å². The van der Waals surface area contributed by atoms with Crippen molar-refractivity contribution < 1.29 is 24.2 Å². The number of alkyl carbamates (subject to hydrolysis) is 1. The van der Waals surface area contributed by atoms with Crippen LogP contribution in [-0.2, 0) is 14.3 Å². The van der Waals surface area contributed by atoms with E-state index in [0.29, 0.717) is 6.54 Å². The lowest BCUT2D eigenvalue weighted by Gasteiger charge is -2.24. The number of hydrogen-bond donors (Lipinski definition) is 3. The van der Waals surface area contributed by atoms with Crippen molar-refractivity contribution in [3.63, 3.8) is 0 Å². The molecular formula is C28H36N2O5. The van der Waals surface area contributed by atoms with Crippen LogP contribution >= 0.6 is 0 Å². The van der Waals surface area contributed by atoms with E-state index in [1.54, 1.807) is 0 Å². The number of fused-ring (bicyclic) bond motifs is 3. The van der Waals surface area contributed by atoms with E-state index >= 15 is 0 Å². The number of carbonyl (C=O) groups is 3. The van der Waals surface area contributed by atoms with E-state index in [-0.39, 0.29) is 49.0 Å². The zero-order valence-electron chi connectivity index (χ0n) is 20.9. The lowest BCUT2D eigenvalue weighted by Crippen LogP contribution is -2.43. The van der Waals surface area contributed by atoms with Crippen molar-refractivity contribution in [3.8, 4) is 11.1 Å². The highest BCUT2D eigenvalue weighted by molar-refractivity contribution is 5.79. The normalized spacial score (nSPS) is 14.2. The summed E-state index contributed by atoms with van der Waals surface area (Å²) in [5.41, 5.74) is 4.61. The molecule has 0 aliphatic heterocycles. The highest BCUT2D eigenvalue weighted by Gasteiger charge is 2.29. The van der Waals surface area contributed by atoms with Crippen molar-refractivity contribution in [2.75, 3.05) is 13.2 Å². The Labute approximate surface area is 207 Å². The SMILES string of the molecule is CC(C)C(CNC(=O)C[C@H](NC(=O)OCC1c2ccccc2-c2ccccc21)C(C)C)CC(=O)O. The Morgan fingerprint density at radius 3 is 1.97 bits per heavy atom. The zero-order valence-corrected chi connectivity index (χ0v) is 20.9. The van der Waals surface area contributed by atoms with E-state index in [1.165, 1.54) is 0 Å². The van der Waals surface area contributed by atoms with Crippen LogP contribution in [0.2, 0.25) is 0 Å². The number of benzene rings is 2. The minimum Gasteiger partial charge on any atom is -0.481 e. The molecule has 0 heterocycles. The molecule has 1 aliphatic rings. The Morgan fingerprint density at radius 1 is 0.886 bits per heavy atom. The van der Waals surface area contributed by atoms with Crippen molar-refractivity contribution in [3.05, 3.63) is 59.7 Å². The molecule has 2 amide bonds. The molecule has 2 aromatic carbocycles. The quantitative estimate of drug-likeness (QED) is 0.428. The summed E-state index contributed by atoms with van der Waals surface area (Å²) >= 11 is 0. The highest BCUT2D eigenvalue weighted by Crippen LogP contribution is 2.44. The number of rotatable bonds is 11. The van der Waals surface area contributed by atoms with Crippen LogP contribution in [0.25, 0.3) is 11.1 Å². The first-order valence-corrected chi connectivity index (χ1v) is 12.3. The van der Waals surface area contributed by atoms with Crippen molar-refractivity contribution in [2.45, 2.75) is 52.5 Å². The van der Waals surface area contributed by atoms with Gasteiger partial charge in [-0.05, 0) is 40.0 Å². The van der Waals surface area contributed by atoms with Crippen LogP contribution in [0, 0.1) is 17.8 Å². The summed E-state index contributed by atoms with van der Waals surface area (Å²) in [5, 5.41) is 14.8. The van der Waals surface area contributed by atoms with Gasteiger partial charge in [0.15, 0.2) is 0 Å². The largest absolute Gasteiger partial charge is 0.481 e. The zero-order chi connectivity index (χ0) is 25.5. The van der Waals surface area contributed by atoms with E-state index in [2.05, 4.69) is 34.9 Å². The second-order valence-electron chi connectivity index (χ2n) is 9.93. The van der Waals surface area contributed by atoms with Gasteiger partial charge in [0, 0.05) is 24.9 Å². The van der Waals surface area contributed by atoms with Crippen molar-refractivity contribution >= 4 is 18.0 Å². The van der Waals surface area contributed by atoms with E-state index in [9.17, 15) is 14.4 Å². The van der Waals surface area contributed by atoms with E-state index in [1.807, 2.05) is 52.0 Å². The first-order valence-electron chi connectivity index (χ1n) is 12.3. The Morgan fingerprint density at radius 2 is 1.46 bits per heavy atom. The standard InChI is InChI=1S/C28H36N2O5/c1-17(2)19(13-27(32)33)15-29-26(31)14-25(18(3)4)30-28(34)35-16-24-22-11-7-5-9-20(22)21-10-6-8-12-23(21)24/h5-12,17-19,24-25H,13-16H2,1-4H3,(H,29,31)(H,30,34)(H,32,33)/t19?,25-/m0/s1. The summed E-state index contributed by atoms with van der Waals surface area (Å²) < 4.78 is 5.63. The monoisotopic (exact) mass is 480 g/mol. The van der Waals surface area contributed by atoms with E-state index in [0.717, 1.165) is 22.3 Å². The van der Waals surface area contributed by atoms with Gasteiger partial charge in [0.25, 0.3) is 0 Å². The highest BCUT2D eigenvalue weighted by atomic mass is 16.5. The maximum absolute atomic E-state index is 12.7. The molecule has 0 aromatic heterocycles. The van der Waals surface area contributed by atoms with Gasteiger partial charge >= 0.3 is 12.1 Å². The predicted molar refractivity (Wildman–Crippen MR) is 135 cm³/mol. The fourth-order valence-corrected chi connectivity index (χ4v) is 4.53. The van der Waals surface area contributed by atoms with Crippen LogP contribution in [0.15, 0.2) is 48.5 Å². The first-order chi connectivity index (χ1) is 16.7. The summed E-state index contributed by atoms with van der Waals surface area (Å²) in [6.07, 6.45) is -0.451. The maximum Gasteiger partial charge on any atom is 0.407 e. The number of amides is 2. The molecule has 0 fully saturated rings. The molecule has 1 unspecified atom stereocenters. The molecule has 7 heteroatoms. The fraction of sp³-hybridized carbons (Fsp3) is 0.464. The molecule has 0 bridgehead atoms. The second kappa shape index (κ2) is 11.9. The lowest BCUT2D eigenvalue weighted by molar-refractivity contribution is -0.138. The number of aliphatic carboxylic acids is 1. The summed E-state index contributed by atoms with van der Waals surface area (Å²) in [6, 6.07) is 15.9. The van der Waals surface area contributed by atoms with Gasteiger partial charge in [-0.15, -0.1) is 0 Å². The maximum atomic E-state index is 12.7.